The Morgan fingerprint density at radius 3 is 2.10 bits per heavy atom. The van der Waals surface area contributed by atoms with Crippen LogP contribution in [-0.4, -0.2) is 40.2 Å². The van der Waals surface area contributed by atoms with Gasteiger partial charge in [-0.15, -0.1) is 0 Å². The second kappa shape index (κ2) is 7.11. The molecule has 120 valence electrons. The van der Waals surface area contributed by atoms with Crippen LogP contribution >= 0.6 is 0 Å². The highest BCUT2D eigenvalue weighted by Crippen LogP contribution is 2.24. The topological polar surface area (TPSA) is 81.7 Å². The fourth-order valence-electron chi connectivity index (χ4n) is 3.46. The molecule has 2 aliphatic rings. The first-order valence-corrected chi connectivity index (χ1v) is 8.05. The van der Waals surface area contributed by atoms with Gasteiger partial charge in [0, 0.05) is 18.1 Å². The lowest BCUT2D eigenvalue weighted by Gasteiger charge is -2.39. The van der Waals surface area contributed by atoms with Gasteiger partial charge in [-0.05, 0) is 52.4 Å². The molecular formula is C15H27N3O3. The number of hydrogen-bond acceptors (Lipinski definition) is 3. The van der Waals surface area contributed by atoms with Crippen molar-refractivity contribution in [3.63, 3.8) is 0 Å². The summed E-state index contributed by atoms with van der Waals surface area (Å²) >= 11 is 0. The SMILES string of the molecule is CC1CCCC(C)N1NC(=O)NC1CCC(C(=O)O)CC1. The molecule has 1 saturated carbocycles. The second-order valence-electron chi connectivity index (χ2n) is 6.51. The van der Waals surface area contributed by atoms with Crippen LogP contribution in [0.2, 0.25) is 0 Å². The minimum absolute atomic E-state index is 0.0935. The van der Waals surface area contributed by atoms with Crippen molar-refractivity contribution in [1.82, 2.24) is 15.8 Å². The Kier molecular flexibility index (Phi) is 5.45. The predicted octanol–water partition coefficient (Wildman–Crippen LogP) is 2.11. The van der Waals surface area contributed by atoms with Crippen LogP contribution in [0.4, 0.5) is 4.79 Å². The van der Waals surface area contributed by atoms with E-state index in [-0.39, 0.29) is 18.0 Å². The number of hydrazine groups is 1. The van der Waals surface area contributed by atoms with Gasteiger partial charge >= 0.3 is 12.0 Å². The quantitative estimate of drug-likeness (QED) is 0.745. The zero-order chi connectivity index (χ0) is 15.4. The van der Waals surface area contributed by atoms with Crippen molar-refractivity contribution >= 4 is 12.0 Å². The highest BCUT2D eigenvalue weighted by atomic mass is 16.4. The van der Waals surface area contributed by atoms with Crippen molar-refractivity contribution < 1.29 is 14.7 Å². The van der Waals surface area contributed by atoms with Gasteiger partial charge in [-0.2, -0.15) is 0 Å². The van der Waals surface area contributed by atoms with Gasteiger partial charge in [-0.3, -0.25) is 10.2 Å². The molecule has 0 aromatic heterocycles. The summed E-state index contributed by atoms with van der Waals surface area (Å²) in [5.74, 6) is -0.956. The number of nitrogens with one attached hydrogen (secondary N) is 2. The van der Waals surface area contributed by atoms with Crippen LogP contribution in [0.15, 0.2) is 0 Å². The molecule has 0 aromatic carbocycles. The smallest absolute Gasteiger partial charge is 0.329 e. The average molecular weight is 297 g/mol. The van der Waals surface area contributed by atoms with E-state index in [1.807, 2.05) is 5.01 Å². The maximum absolute atomic E-state index is 12.1. The molecule has 1 aliphatic heterocycles. The molecule has 2 rings (SSSR count). The van der Waals surface area contributed by atoms with Crippen molar-refractivity contribution in [2.24, 2.45) is 5.92 Å². The van der Waals surface area contributed by atoms with Crippen molar-refractivity contribution in [2.45, 2.75) is 76.9 Å². The number of carboxylic acid groups (broad SMARTS) is 1. The molecule has 0 radical (unpaired) electrons. The number of hydrogen-bond donors (Lipinski definition) is 3. The molecule has 1 heterocycles. The third-order valence-corrected chi connectivity index (χ3v) is 4.84. The lowest BCUT2D eigenvalue weighted by atomic mass is 9.86. The average Bonchev–Trinajstić information content (AvgIpc) is 2.43. The molecular weight excluding hydrogens is 270 g/mol. The van der Waals surface area contributed by atoms with Crippen LogP contribution in [0.25, 0.3) is 0 Å². The number of carbonyl (C=O) groups is 2. The largest absolute Gasteiger partial charge is 0.481 e. The molecule has 0 spiro atoms. The van der Waals surface area contributed by atoms with E-state index in [1.165, 1.54) is 6.42 Å². The lowest BCUT2D eigenvalue weighted by molar-refractivity contribution is -0.142. The number of rotatable bonds is 3. The maximum Gasteiger partial charge on any atom is 0.329 e. The normalized spacial score (nSPS) is 34.2. The van der Waals surface area contributed by atoms with Crippen LogP contribution in [0, 0.1) is 5.92 Å². The van der Waals surface area contributed by atoms with Crippen molar-refractivity contribution in [3.8, 4) is 0 Å². The van der Waals surface area contributed by atoms with E-state index in [0.29, 0.717) is 24.9 Å². The van der Waals surface area contributed by atoms with Crippen molar-refractivity contribution in [2.75, 3.05) is 0 Å². The van der Waals surface area contributed by atoms with Gasteiger partial charge in [0.2, 0.25) is 0 Å². The molecule has 6 heteroatoms. The molecule has 2 unspecified atom stereocenters. The molecule has 3 N–H and O–H groups in total. The van der Waals surface area contributed by atoms with E-state index in [0.717, 1.165) is 25.7 Å². The van der Waals surface area contributed by atoms with Gasteiger partial charge in [0.15, 0.2) is 0 Å². The predicted molar refractivity (Wildman–Crippen MR) is 79.7 cm³/mol. The first-order valence-electron chi connectivity index (χ1n) is 8.05. The minimum Gasteiger partial charge on any atom is -0.481 e. The number of aliphatic carboxylic acids is 1. The summed E-state index contributed by atoms with van der Waals surface area (Å²) in [5.41, 5.74) is 2.97. The van der Waals surface area contributed by atoms with E-state index >= 15 is 0 Å². The first-order chi connectivity index (χ1) is 9.97. The number of nitrogens with zero attached hydrogens (tertiary/aromatic N) is 1. The minimum atomic E-state index is -0.714. The van der Waals surface area contributed by atoms with Gasteiger partial charge < -0.3 is 10.4 Å². The van der Waals surface area contributed by atoms with Crippen LogP contribution in [0.3, 0.4) is 0 Å². The standard InChI is InChI=1S/C15H27N3O3/c1-10-4-3-5-11(2)18(10)17-15(21)16-13-8-6-12(7-9-13)14(19)20/h10-13H,3-9H2,1-2H3,(H,19,20)(H2,16,17,21). The molecule has 0 bridgehead atoms. The molecule has 2 atom stereocenters. The van der Waals surface area contributed by atoms with Crippen LogP contribution in [0.1, 0.15) is 58.8 Å². The fraction of sp³-hybridized carbons (Fsp3) is 0.867. The Bertz CT molecular complexity index is 370. The maximum atomic E-state index is 12.1. The summed E-state index contributed by atoms with van der Waals surface area (Å²) in [4.78, 5) is 23.0. The Balaban J connectivity index is 1.76. The van der Waals surface area contributed by atoms with Crippen LogP contribution in [-0.2, 0) is 4.79 Å². The number of amides is 2. The number of piperidine rings is 1. The zero-order valence-corrected chi connectivity index (χ0v) is 13.0. The van der Waals surface area contributed by atoms with E-state index < -0.39 is 5.97 Å². The molecule has 2 fully saturated rings. The van der Waals surface area contributed by atoms with E-state index in [4.69, 9.17) is 5.11 Å². The summed E-state index contributed by atoms with van der Waals surface area (Å²) < 4.78 is 0. The molecule has 21 heavy (non-hydrogen) atoms. The zero-order valence-electron chi connectivity index (χ0n) is 13.0. The Morgan fingerprint density at radius 1 is 1.00 bits per heavy atom. The molecule has 2 amide bonds. The number of carbonyl (C=O) groups excluding carboxylic acids is 1. The summed E-state index contributed by atoms with van der Waals surface area (Å²) in [5, 5.41) is 14.0. The van der Waals surface area contributed by atoms with Gasteiger partial charge in [0.25, 0.3) is 0 Å². The van der Waals surface area contributed by atoms with Crippen LogP contribution < -0.4 is 10.7 Å². The highest BCUT2D eigenvalue weighted by molar-refractivity contribution is 5.74. The highest BCUT2D eigenvalue weighted by Gasteiger charge is 2.29. The van der Waals surface area contributed by atoms with E-state index in [9.17, 15) is 9.59 Å². The van der Waals surface area contributed by atoms with Gasteiger partial charge in [0.05, 0.1) is 5.92 Å². The van der Waals surface area contributed by atoms with E-state index in [1.54, 1.807) is 0 Å². The summed E-state index contributed by atoms with van der Waals surface area (Å²) in [6, 6.07) is 0.662. The molecule has 1 aliphatic carbocycles. The summed E-state index contributed by atoms with van der Waals surface area (Å²) in [6.45, 7) is 4.27. The lowest BCUT2D eigenvalue weighted by Crippen LogP contribution is -2.57. The summed E-state index contributed by atoms with van der Waals surface area (Å²) in [6.07, 6.45) is 6.21. The Hall–Kier alpha value is -1.30. The molecule has 0 aromatic rings. The molecule has 6 nitrogen and oxygen atoms in total. The third kappa shape index (κ3) is 4.33. The van der Waals surface area contributed by atoms with Crippen molar-refractivity contribution in [1.29, 1.82) is 0 Å². The monoisotopic (exact) mass is 297 g/mol. The third-order valence-electron chi connectivity index (χ3n) is 4.84. The van der Waals surface area contributed by atoms with Crippen molar-refractivity contribution in [3.05, 3.63) is 0 Å². The first kappa shape index (κ1) is 16.1. The Morgan fingerprint density at radius 2 is 1.57 bits per heavy atom. The van der Waals surface area contributed by atoms with E-state index in [2.05, 4.69) is 24.6 Å². The van der Waals surface area contributed by atoms with Gasteiger partial charge in [-0.25, -0.2) is 9.80 Å². The Labute approximate surface area is 126 Å². The molecule has 1 saturated heterocycles. The number of urea groups is 1. The van der Waals surface area contributed by atoms with Gasteiger partial charge in [-0.1, -0.05) is 6.42 Å². The van der Waals surface area contributed by atoms with Gasteiger partial charge in [0.1, 0.15) is 0 Å². The fourth-order valence-corrected chi connectivity index (χ4v) is 3.46. The van der Waals surface area contributed by atoms with Crippen LogP contribution in [0.5, 0.6) is 0 Å². The second-order valence-corrected chi connectivity index (χ2v) is 6.51. The number of carboxylic acids is 1. The summed E-state index contributed by atoms with van der Waals surface area (Å²) in [7, 11) is 0.